The molecule has 3 heterocycles. The molecule has 108 valence electrons. The van der Waals surface area contributed by atoms with Crippen molar-refractivity contribution in [1.82, 2.24) is 24.2 Å². The van der Waals surface area contributed by atoms with E-state index in [0.29, 0.717) is 0 Å². The summed E-state index contributed by atoms with van der Waals surface area (Å²) in [4.78, 5) is 6.95. The molecule has 0 saturated carbocycles. The summed E-state index contributed by atoms with van der Waals surface area (Å²) in [5.41, 5.74) is 2.14. The lowest BCUT2D eigenvalue weighted by atomic mass is 10.2. The van der Waals surface area contributed by atoms with Crippen LogP contribution in [0.25, 0.3) is 0 Å². The Balaban J connectivity index is 1.68. The van der Waals surface area contributed by atoms with Gasteiger partial charge in [-0.2, -0.15) is 5.10 Å². The SMILES string of the molecule is Cc1cn(C)c([C@H]2CN(Cc3ccn(C)n3)CCO2)n1. The number of nitrogens with zero attached hydrogens (tertiary/aromatic N) is 5. The number of hydrogen-bond donors (Lipinski definition) is 0. The molecule has 1 saturated heterocycles. The zero-order valence-electron chi connectivity index (χ0n) is 12.3. The van der Waals surface area contributed by atoms with Crippen molar-refractivity contribution in [3.8, 4) is 0 Å². The molecule has 1 aliphatic heterocycles. The fraction of sp³-hybridized carbons (Fsp3) is 0.571. The number of rotatable bonds is 3. The number of aromatic nitrogens is 4. The Bertz CT molecular complexity index is 588. The minimum absolute atomic E-state index is 0.0474. The molecule has 0 aromatic carbocycles. The number of morpholine rings is 1. The van der Waals surface area contributed by atoms with Gasteiger partial charge in [-0.25, -0.2) is 4.98 Å². The van der Waals surface area contributed by atoms with Crippen molar-refractivity contribution in [3.63, 3.8) is 0 Å². The van der Waals surface area contributed by atoms with Gasteiger partial charge in [0.15, 0.2) is 0 Å². The van der Waals surface area contributed by atoms with E-state index in [2.05, 4.69) is 25.6 Å². The lowest BCUT2D eigenvalue weighted by Crippen LogP contribution is -2.38. The Morgan fingerprint density at radius 2 is 2.25 bits per heavy atom. The quantitative estimate of drug-likeness (QED) is 0.839. The normalized spacial score (nSPS) is 20.4. The minimum atomic E-state index is 0.0474. The molecule has 0 N–H and O–H groups in total. The van der Waals surface area contributed by atoms with E-state index in [4.69, 9.17) is 4.74 Å². The van der Waals surface area contributed by atoms with Crippen molar-refractivity contribution in [2.45, 2.75) is 19.6 Å². The third-order valence-corrected chi connectivity index (χ3v) is 3.63. The molecule has 3 rings (SSSR count). The maximum absolute atomic E-state index is 5.88. The Labute approximate surface area is 119 Å². The largest absolute Gasteiger partial charge is 0.368 e. The lowest BCUT2D eigenvalue weighted by molar-refractivity contribution is -0.0387. The lowest BCUT2D eigenvalue weighted by Gasteiger charge is -2.32. The molecule has 20 heavy (non-hydrogen) atoms. The van der Waals surface area contributed by atoms with Crippen LogP contribution in [0.5, 0.6) is 0 Å². The average molecular weight is 275 g/mol. The Hall–Kier alpha value is -1.66. The summed E-state index contributed by atoms with van der Waals surface area (Å²) in [6.45, 7) is 5.42. The summed E-state index contributed by atoms with van der Waals surface area (Å²) in [5, 5.41) is 4.44. The minimum Gasteiger partial charge on any atom is -0.368 e. The van der Waals surface area contributed by atoms with Crippen LogP contribution in [0.1, 0.15) is 23.3 Å². The number of aryl methyl sites for hydroxylation is 3. The molecule has 1 atom stereocenters. The maximum atomic E-state index is 5.88. The van der Waals surface area contributed by atoms with E-state index < -0.39 is 0 Å². The summed E-state index contributed by atoms with van der Waals surface area (Å²) in [6.07, 6.45) is 4.07. The Kier molecular flexibility index (Phi) is 3.58. The van der Waals surface area contributed by atoms with Gasteiger partial charge >= 0.3 is 0 Å². The van der Waals surface area contributed by atoms with Crippen LogP contribution in [0.2, 0.25) is 0 Å². The first kappa shape index (κ1) is 13.3. The van der Waals surface area contributed by atoms with E-state index >= 15 is 0 Å². The second-order valence-corrected chi connectivity index (χ2v) is 5.43. The summed E-state index contributed by atoms with van der Waals surface area (Å²) < 4.78 is 9.78. The van der Waals surface area contributed by atoms with Crippen LogP contribution in [0.4, 0.5) is 0 Å². The van der Waals surface area contributed by atoms with Crippen molar-refractivity contribution in [2.24, 2.45) is 14.1 Å². The van der Waals surface area contributed by atoms with Gasteiger partial charge in [0.05, 0.1) is 18.0 Å². The van der Waals surface area contributed by atoms with E-state index in [1.807, 2.05) is 38.1 Å². The van der Waals surface area contributed by atoms with E-state index in [9.17, 15) is 0 Å². The Morgan fingerprint density at radius 3 is 2.90 bits per heavy atom. The first-order chi connectivity index (χ1) is 9.61. The Morgan fingerprint density at radius 1 is 1.40 bits per heavy atom. The van der Waals surface area contributed by atoms with Gasteiger partial charge in [-0.15, -0.1) is 0 Å². The van der Waals surface area contributed by atoms with Crippen LogP contribution in [0.3, 0.4) is 0 Å². The molecule has 0 aliphatic carbocycles. The van der Waals surface area contributed by atoms with Gasteiger partial charge in [0.1, 0.15) is 11.9 Å². The van der Waals surface area contributed by atoms with Gasteiger partial charge in [-0.3, -0.25) is 9.58 Å². The zero-order valence-corrected chi connectivity index (χ0v) is 12.3. The fourth-order valence-corrected chi connectivity index (χ4v) is 2.71. The molecule has 0 unspecified atom stereocenters. The zero-order chi connectivity index (χ0) is 14.1. The van der Waals surface area contributed by atoms with Gasteiger partial charge in [0.25, 0.3) is 0 Å². The molecule has 0 bridgehead atoms. The molecular formula is C14H21N5O. The van der Waals surface area contributed by atoms with Crippen LogP contribution in [0.15, 0.2) is 18.5 Å². The predicted octanol–water partition coefficient (Wildman–Crippen LogP) is 1.04. The van der Waals surface area contributed by atoms with E-state index in [0.717, 1.165) is 43.5 Å². The molecule has 2 aromatic rings. The molecule has 0 radical (unpaired) electrons. The van der Waals surface area contributed by atoms with Crippen LogP contribution >= 0.6 is 0 Å². The topological polar surface area (TPSA) is 48.1 Å². The van der Waals surface area contributed by atoms with Crippen LogP contribution < -0.4 is 0 Å². The van der Waals surface area contributed by atoms with Gasteiger partial charge in [0, 0.05) is 46.1 Å². The highest BCUT2D eigenvalue weighted by Gasteiger charge is 2.25. The molecule has 0 amide bonds. The smallest absolute Gasteiger partial charge is 0.139 e. The van der Waals surface area contributed by atoms with Crippen molar-refractivity contribution >= 4 is 0 Å². The van der Waals surface area contributed by atoms with Crippen molar-refractivity contribution in [2.75, 3.05) is 19.7 Å². The molecule has 6 heteroatoms. The van der Waals surface area contributed by atoms with Crippen LogP contribution in [-0.4, -0.2) is 43.9 Å². The van der Waals surface area contributed by atoms with Gasteiger partial charge in [-0.1, -0.05) is 0 Å². The summed E-state index contributed by atoms with van der Waals surface area (Å²) in [5.74, 6) is 1.01. The van der Waals surface area contributed by atoms with E-state index in [1.165, 1.54) is 0 Å². The molecule has 1 fully saturated rings. The molecule has 0 spiro atoms. The van der Waals surface area contributed by atoms with E-state index in [-0.39, 0.29) is 6.10 Å². The van der Waals surface area contributed by atoms with Crippen molar-refractivity contribution in [3.05, 3.63) is 35.7 Å². The average Bonchev–Trinajstić information content (AvgIpc) is 2.96. The van der Waals surface area contributed by atoms with E-state index in [1.54, 1.807) is 0 Å². The molecular weight excluding hydrogens is 254 g/mol. The highest BCUT2D eigenvalue weighted by Crippen LogP contribution is 2.22. The van der Waals surface area contributed by atoms with Gasteiger partial charge in [-0.05, 0) is 13.0 Å². The first-order valence-electron chi connectivity index (χ1n) is 6.94. The third kappa shape index (κ3) is 2.76. The summed E-state index contributed by atoms with van der Waals surface area (Å²) in [6, 6.07) is 2.06. The number of imidazole rings is 1. The second-order valence-electron chi connectivity index (χ2n) is 5.43. The fourth-order valence-electron chi connectivity index (χ4n) is 2.71. The predicted molar refractivity (Wildman–Crippen MR) is 75.1 cm³/mol. The van der Waals surface area contributed by atoms with Crippen molar-refractivity contribution < 1.29 is 4.74 Å². The molecule has 2 aromatic heterocycles. The number of ether oxygens (including phenoxy) is 1. The maximum Gasteiger partial charge on any atom is 0.139 e. The second kappa shape index (κ2) is 5.38. The molecule has 1 aliphatic rings. The van der Waals surface area contributed by atoms with Crippen LogP contribution in [-0.2, 0) is 25.4 Å². The highest BCUT2D eigenvalue weighted by molar-refractivity contribution is 5.06. The van der Waals surface area contributed by atoms with Gasteiger partial charge in [0.2, 0.25) is 0 Å². The highest BCUT2D eigenvalue weighted by atomic mass is 16.5. The monoisotopic (exact) mass is 275 g/mol. The van der Waals surface area contributed by atoms with Gasteiger partial charge < -0.3 is 9.30 Å². The number of hydrogen-bond acceptors (Lipinski definition) is 4. The summed E-state index contributed by atoms with van der Waals surface area (Å²) in [7, 11) is 3.97. The first-order valence-corrected chi connectivity index (χ1v) is 6.94. The molecule has 6 nitrogen and oxygen atoms in total. The third-order valence-electron chi connectivity index (χ3n) is 3.63. The summed E-state index contributed by atoms with van der Waals surface area (Å²) >= 11 is 0. The van der Waals surface area contributed by atoms with Crippen LogP contribution in [0, 0.1) is 6.92 Å². The standard InChI is InChI=1S/C14H21N5O/c1-11-8-17(2)14(15-11)13-10-19(6-7-20-13)9-12-4-5-18(3)16-12/h4-5,8,13H,6-7,9-10H2,1-3H3/t13-/m1/s1. The van der Waals surface area contributed by atoms with Crippen molar-refractivity contribution in [1.29, 1.82) is 0 Å².